The molecule has 1 unspecified atom stereocenters. The Kier molecular flexibility index (Phi) is 5.68. The van der Waals surface area contributed by atoms with Crippen LogP contribution in [0.2, 0.25) is 0 Å². The Labute approximate surface area is 118 Å². The van der Waals surface area contributed by atoms with Crippen molar-refractivity contribution in [1.82, 2.24) is 0 Å². The van der Waals surface area contributed by atoms with Gasteiger partial charge in [-0.05, 0) is 30.5 Å². The van der Waals surface area contributed by atoms with Gasteiger partial charge in [-0.2, -0.15) is 0 Å². The van der Waals surface area contributed by atoms with Crippen molar-refractivity contribution in [1.29, 1.82) is 0 Å². The van der Waals surface area contributed by atoms with E-state index in [-0.39, 0.29) is 32.0 Å². The maximum atomic E-state index is 11.4. The first-order valence-electron chi connectivity index (χ1n) is 6.45. The third kappa shape index (κ3) is 4.30. The average molecular weight is 282 g/mol. The Bertz CT molecular complexity index is 479. The van der Waals surface area contributed by atoms with E-state index in [1.54, 1.807) is 0 Å². The van der Waals surface area contributed by atoms with Gasteiger partial charge in [-0.25, -0.2) is 0 Å². The molecule has 3 N–H and O–H groups in total. The number of ether oxygens (including phenoxy) is 1. The van der Waals surface area contributed by atoms with Gasteiger partial charge in [0.15, 0.2) is 0 Å². The standard InChI is InChI=1S/C15H22O5/c1-10-4-11(6-14(18)20-3)13(8-16)12(5-10)7-15(2,19)9-17/h4-5,16-17,19H,6-9H2,1-3H3. The van der Waals surface area contributed by atoms with Crippen molar-refractivity contribution in [2.24, 2.45) is 0 Å². The topological polar surface area (TPSA) is 87.0 Å². The second-order valence-corrected chi connectivity index (χ2v) is 5.30. The van der Waals surface area contributed by atoms with Crippen molar-refractivity contribution in [3.8, 4) is 0 Å². The van der Waals surface area contributed by atoms with Gasteiger partial charge in [-0.15, -0.1) is 0 Å². The minimum Gasteiger partial charge on any atom is -0.469 e. The summed E-state index contributed by atoms with van der Waals surface area (Å²) in [5, 5.41) is 28.7. The van der Waals surface area contributed by atoms with E-state index in [2.05, 4.69) is 4.74 Å². The molecule has 1 atom stereocenters. The van der Waals surface area contributed by atoms with Crippen LogP contribution in [-0.4, -0.2) is 40.6 Å². The van der Waals surface area contributed by atoms with Gasteiger partial charge in [-0.1, -0.05) is 17.7 Å². The fraction of sp³-hybridized carbons (Fsp3) is 0.533. The number of hydrogen-bond acceptors (Lipinski definition) is 5. The largest absolute Gasteiger partial charge is 0.469 e. The first kappa shape index (κ1) is 16.6. The lowest BCUT2D eigenvalue weighted by molar-refractivity contribution is -0.139. The summed E-state index contributed by atoms with van der Waals surface area (Å²) in [6, 6.07) is 3.66. The highest BCUT2D eigenvalue weighted by Gasteiger charge is 2.23. The lowest BCUT2D eigenvalue weighted by atomic mass is 9.89. The predicted molar refractivity (Wildman–Crippen MR) is 74.2 cm³/mol. The van der Waals surface area contributed by atoms with E-state index in [9.17, 15) is 15.0 Å². The van der Waals surface area contributed by atoms with Gasteiger partial charge in [0.2, 0.25) is 0 Å². The highest BCUT2D eigenvalue weighted by Crippen LogP contribution is 2.23. The van der Waals surface area contributed by atoms with Crippen LogP contribution in [0.3, 0.4) is 0 Å². The van der Waals surface area contributed by atoms with Crippen molar-refractivity contribution in [3.05, 3.63) is 34.4 Å². The molecule has 1 aromatic carbocycles. The molecule has 0 fully saturated rings. The molecule has 0 saturated heterocycles. The molecule has 0 spiro atoms. The van der Waals surface area contributed by atoms with Crippen LogP contribution in [0.5, 0.6) is 0 Å². The van der Waals surface area contributed by atoms with Crippen LogP contribution in [0.25, 0.3) is 0 Å². The van der Waals surface area contributed by atoms with Crippen LogP contribution in [0.1, 0.15) is 29.2 Å². The van der Waals surface area contributed by atoms with Crippen LogP contribution in [0.4, 0.5) is 0 Å². The van der Waals surface area contributed by atoms with Gasteiger partial charge in [0.05, 0.1) is 32.3 Å². The lowest BCUT2D eigenvalue weighted by Crippen LogP contribution is -2.32. The summed E-state index contributed by atoms with van der Waals surface area (Å²) in [5.41, 5.74) is 1.67. The smallest absolute Gasteiger partial charge is 0.309 e. The van der Waals surface area contributed by atoms with Crippen LogP contribution >= 0.6 is 0 Å². The molecule has 20 heavy (non-hydrogen) atoms. The molecule has 0 aliphatic carbocycles. The molecule has 0 aliphatic heterocycles. The summed E-state index contributed by atoms with van der Waals surface area (Å²) < 4.78 is 4.65. The van der Waals surface area contributed by atoms with Gasteiger partial charge in [-0.3, -0.25) is 4.79 Å². The number of methoxy groups -OCH3 is 1. The first-order valence-corrected chi connectivity index (χ1v) is 6.45. The summed E-state index contributed by atoms with van der Waals surface area (Å²) in [7, 11) is 1.31. The monoisotopic (exact) mass is 282 g/mol. The number of benzene rings is 1. The van der Waals surface area contributed by atoms with E-state index in [0.29, 0.717) is 11.1 Å². The molecule has 0 aromatic heterocycles. The molecule has 1 aromatic rings. The molecule has 112 valence electrons. The Morgan fingerprint density at radius 2 is 1.90 bits per heavy atom. The average Bonchev–Trinajstić information content (AvgIpc) is 2.38. The third-order valence-electron chi connectivity index (χ3n) is 3.21. The van der Waals surface area contributed by atoms with Crippen LogP contribution in [-0.2, 0) is 29.0 Å². The van der Waals surface area contributed by atoms with Crippen molar-refractivity contribution < 1.29 is 24.9 Å². The molecule has 5 heteroatoms. The van der Waals surface area contributed by atoms with Crippen molar-refractivity contribution >= 4 is 5.97 Å². The van der Waals surface area contributed by atoms with Gasteiger partial charge >= 0.3 is 5.97 Å². The van der Waals surface area contributed by atoms with E-state index in [1.165, 1.54) is 14.0 Å². The summed E-state index contributed by atoms with van der Waals surface area (Å²) in [5.74, 6) is -0.384. The first-order chi connectivity index (χ1) is 9.32. The van der Waals surface area contributed by atoms with Gasteiger partial charge in [0, 0.05) is 6.42 Å². The van der Waals surface area contributed by atoms with Gasteiger partial charge < -0.3 is 20.1 Å². The Morgan fingerprint density at radius 3 is 2.40 bits per heavy atom. The quantitative estimate of drug-likeness (QED) is 0.661. The molecule has 5 nitrogen and oxygen atoms in total. The van der Waals surface area contributed by atoms with E-state index in [4.69, 9.17) is 5.11 Å². The zero-order chi connectivity index (χ0) is 15.3. The van der Waals surface area contributed by atoms with Crippen LogP contribution in [0.15, 0.2) is 12.1 Å². The van der Waals surface area contributed by atoms with Crippen molar-refractivity contribution in [2.75, 3.05) is 13.7 Å². The maximum absolute atomic E-state index is 11.4. The molecule has 0 bridgehead atoms. The number of aliphatic hydroxyl groups excluding tert-OH is 2. The number of hydrogen-bond donors (Lipinski definition) is 3. The molecule has 0 heterocycles. The highest BCUT2D eigenvalue weighted by molar-refractivity contribution is 5.73. The maximum Gasteiger partial charge on any atom is 0.309 e. The summed E-state index contributed by atoms with van der Waals surface area (Å²) >= 11 is 0. The summed E-state index contributed by atoms with van der Waals surface area (Å²) in [6.45, 7) is 2.79. The normalized spacial score (nSPS) is 13.9. The molecule has 0 saturated carbocycles. The molecule has 1 rings (SSSR count). The predicted octanol–water partition coefficient (Wildman–Crippen LogP) is 0.489. The summed E-state index contributed by atoms with van der Waals surface area (Å²) in [6.07, 6.45) is 0.275. The van der Waals surface area contributed by atoms with Crippen molar-refractivity contribution in [2.45, 2.75) is 38.9 Å². The van der Waals surface area contributed by atoms with E-state index in [0.717, 1.165) is 11.1 Å². The lowest BCUT2D eigenvalue weighted by Gasteiger charge is -2.23. The Balaban J connectivity index is 3.20. The molecular weight excluding hydrogens is 260 g/mol. The van der Waals surface area contributed by atoms with E-state index >= 15 is 0 Å². The third-order valence-corrected chi connectivity index (χ3v) is 3.21. The SMILES string of the molecule is COC(=O)Cc1cc(C)cc(CC(C)(O)CO)c1CO. The van der Waals surface area contributed by atoms with E-state index in [1.807, 2.05) is 19.1 Å². The summed E-state index contributed by atoms with van der Waals surface area (Å²) in [4.78, 5) is 11.4. The van der Waals surface area contributed by atoms with Crippen molar-refractivity contribution in [3.63, 3.8) is 0 Å². The number of esters is 1. The number of carbonyl (C=O) groups is 1. The second kappa shape index (κ2) is 6.83. The number of aryl methyl sites for hydroxylation is 1. The molecule has 0 amide bonds. The Hall–Kier alpha value is -1.43. The fourth-order valence-electron chi connectivity index (χ4n) is 2.18. The number of aliphatic hydroxyl groups is 3. The Morgan fingerprint density at radius 1 is 1.30 bits per heavy atom. The van der Waals surface area contributed by atoms with E-state index < -0.39 is 5.60 Å². The molecule has 0 radical (unpaired) electrons. The number of rotatable bonds is 6. The number of carbonyl (C=O) groups excluding carboxylic acids is 1. The zero-order valence-corrected chi connectivity index (χ0v) is 12.1. The van der Waals surface area contributed by atoms with Crippen LogP contribution < -0.4 is 0 Å². The zero-order valence-electron chi connectivity index (χ0n) is 12.1. The molecular formula is C15H22O5. The van der Waals surface area contributed by atoms with Crippen LogP contribution in [0, 0.1) is 6.92 Å². The minimum absolute atomic E-state index is 0.0718. The molecule has 0 aliphatic rings. The fourth-order valence-corrected chi connectivity index (χ4v) is 2.18. The highest BCUT2D eigenvalue weighted by atomic mass is 16.5. The second-order valence-electron chi connectivity index (χ2n) is 5.30. The van der Waals surface area contributed by atoms with Gasteiger partial charge in [0.1, 0.15) is 0 Å². The van der Waals surface area contributed by atoms with Gasteiger partial charge in [0.25, 0.3) is 0 Å². The minimum atomic E-state index is -1.26.